The molecule has 1 aliphatic heterocycles. The summed E-state index contributed by atoms with van der Waals surface area (Å²) in [5.41, 5.74) is 1.13. The smallest absolute Gasteiger partial charge is 0.279 e. The van der Waals surface area contributed by atoms with Gasteiger partial charge in [0.1, 0.15) is 0 Å². The average Bonchev–Trinajstić information content (AvgIpc) is 2.54. The third kappa shape index (κ3) is 5.93. The van der Waals surface area contributed by atoms with Crippen LogP contribution in [0.1, 0.15) is 25.3 Å². The molecule has 0 aliphatic carbocycles. The van der Waals surface area contributed by atoms with Gasteiger partial charge in [0, 0.05) is 19.6 Å². The van der Waals surface area contributed by atoms with E-state index in [0.717, 1.165) is 24.8 Å². The average molecular weight is 339 g/mol. The Balaban J connectivity index is 1.71. The second-order valence-corrected chi connectivity index (χ2v) is 7.77. The highest BCUT2D eigenvalue weighted by molar-refractivity contribution is 7.87. The lowest BCUT2D eigenvalue weighted by molar-refractivity contribution is -0.119. The van der Waals surface area contributed by atoms with Gasteiger partial charge in [-0.3, -0.25) is 4.79 Å². The first kappa shape index (κ1) is 17.9. The van der Waals surface area contributed by atoms with E-state index in [2.05, 4.69) is 10.0 Å². The summed E-state index contributed by atoms with van der Waals surface area (Å²) in [7, 11) is -3.57. The first-order valence-electron chi connectivity index (χ1n) is 8.03. The highest BCUT2D eigenvalue weighted by Gasteiger charge is 2.27. The molecule has 0 radical (unpaired) electrons. The SMILES string of the molecule is CC1CCCN(S(=O)(=O)NCC(=O)NCCc2ccccc2)C1. The third-order valence-corrected chi connectivity index (χ3v) is 5.47. The maximum Gasteiger partial charge on any atom is 0.279 e. The molecule has 1 aliphatic rings. The van der Waals surface area contributed by atoms with Crippen molar-refractivity contribution in [2.24, 2.45) is 5.92 Å². The predicted molar refractivity (Wildman–Crippen MR) is 90.0 cm³/mol. The molecule has 6 nitrogen and oxygen atoms in total. The molecular formula is C16H25N3O3S. The lowest BCUT2D eigenvalue weighted by Gasteiger charge is -2.29. The van der Waals surface area contributed by atoms with Crippen LogP contribution in [0.25, 0.3) is 0 Å². The van der Waals surface area contributed by atoms with Gasteiger partial charge in [0.2, 0.25) is 5.91 Å². The van der Waals surface area contributed by atoms with Crippen molar-refractivity contribution in [3.05, 3.63) is 35.9 Å². The zero-order valence-corrected chi connectivity index (χ0v) is 14.3. The Morgan fingerprint density at radius 2 is 2.04 bits per heavy atom. The van der Waals surface area contributed by atoms with E-state index >= 15 is 0 Å². The van der Waals surface area contributed by atoms with Crippen LogP contribution >= 0.6 is 0 Å². The Morgan fingerprint density at radius 1 is 1.30 bits per heavy atom. The van der Waals surface area contributed by atoms with Crippen molar-refractivity contribution in [3.8, 4) is 0 Å². The summed E-state index contributed by atoms with van der Waals surface area (Å²) in [4.78, 5) is 11.8. The molecule has 0 saturated carbocycles. The van der Waals surface area contributed by atoms with E-state index in [0.29, 0.717) is 25.6 Å². The summed E-state index contributed by atoms with van der Waals surface area (Å²) in [5, 5.41) is 2.73. The number of nitrogens with zero attached hydrogens (tertiary/aromatic N) is 1. The van der Waals surface area contributed by atoms with E-state index in [1.807, 2.05) is 37.3 Å². The Morgan fingerprint density at radius 3 is 2.74 bits per heavy atom. The molecule has 1 heterocycles. The van der Waals surface area contributed by atoms with Crippen LogP contribution in [-0.2, 0) is 21.4 Å². The van der Waals surface area contributed by atoms with Crippen LogP contribution in [0.5, 0.6) is 0 Å². The minimum absolute atomic E-state index is 0.220. The van der Waals surface area contributed by atoms with Crippen molar-refractivity contribution in [1.82, 2.24) is 14.3 Å². The normalized spacial score (nSPS) is 19.4. The molecule has 1 saturated heterocycles. The van der Waals surface area contributed by atoms with Gasteiger partial charge in [-0.25, -0.2) is 0 Å². The lowest BCUT2D eigenvalue weighted by atomic mass is 10.0. The van der Waals surface area contributed by atoms with Gasteiger partial charge >= 0.3 is 0 Å². The molecular weight excluding hydrogens is 314 g/mol. The fraction of sp³-hybridized carbons (Fsp3) is 0.562. The number of rotatable bonds is 7. The summed E-state index contributed by atoms with van der Waals surface area (Å²) < 4.78 is 28.1. The van der Waals surface area contributed by atoms with Crippen LogP contribution in [0, 0.1) is 5.92 Å². The summed E-state index contributed by atoms with van der Waals surface area (Å²) in [6.45, 7) is 3.35. The Hall–Kier alpha value is -1.44. The Labute approximate surface area is 138 Å². The summed E-state index contributed by atoms with van der Waals surface area (Å²) in [5.74, 6) is 0.0505. The van der Waals surface area contributed by atoms with Crippen LogP contribution in [0.15, 0.2) is 30.3 Å². The molecule has 1 aromatic carbocycles. The molecule has 23 heavy (non-hydrogen) atoms. The minimum atomic E-state index is -3.57. The van der Waals surface area contributed by atoms with Gasteiger partial charge in [0.05, 0.1) is 6.54 Å². The third-order valence-electron chi connectivity index (χ3n) is 3.95. The molecule has 1 unspecified atom stereocenters. The van der Waals surface area contributed by atoms with Crippen LogP contribution in [0.4, 0.5) is 0 Å². The van der Waals surface area contributed by atoms with Crippen LogP contribution in [-0.4, -0.2) is 44.8 Å². The minimum Gasteiger partial charge on any atom is -0.355 e. The zero-order valence-electron chi connectivity index (χ0n) is 13.5. The van der Waals surface area contributed by atoms with Crippen molar-refractivity contribution in [2.45, 2.75) is 26.2 Å². The molecule has 0 bridgehead atoms. The van der Waals surface area contributed by atoms with E-state index in [-0.39, 0.29) is 12.5 Å². The number of hydrogen-bond acceptors (Lipinski definition) is 3. The molecule has 1 amide bonds. The number of benzene rings is 1. The van der Waals surface area contributed by atoms with Crippen molar-refractivity contribution in [1.29, 1.82) is 0 Å². The Bertz CT molecular complexity index is 604. The molecule has 1 aromatic rings. The van der Waals surface area contributed by atoms with Gasteiger partial charge in [-0.2, -0.15) is 17.4 Å². The quantitative estimate of drug-likeness (QED) is 0.775. The van der Waals surface area contributed by atoms with E-state index < -0.39 is 10.2 Å². The van der Waals surface area contributed by atoms with Crippen LogP contribution in [0.2, 0.25) is 0 Å². The number of piperidine rings is 1. The van der Waals surface area contributed by atoms with Crippen molar-refractivity contribution < 1.29 is 13.2 Å². The first-order chi connectivity index (χ1) is 11.0. The second kappa shape index (κ2) is 8.42. The fourth-order valence-electron chi connectivity index (χ4n) is 2.67. The molecule has 0 aromatic heterocycles. The van der Waals surface area contributed by atoms with Crippen molar-refractivity contribution >= 4 is 16.1 Å². The molecule has 128 valence electrons. The van der Waals surface area contributed by atoms with Crippen molar-refractivity contribution in [2.75, 3.05) is 26.2 Å². The van der Waals surface area contributed by atoms with Crippen LogP contribution < -0.4 is 10.0 Å². The summed E-state index contributed by atoms with van der Waals surface area (Å²) >= 11 is 0. The number of carbonyl (C=O) groups is 1. The van der Waals surface area contributed by atoms with Gasteiger partial charge in [0.25, 0.3) is 10.2 Å². The highest BCUT2D eigenvalue weighted by Crippen LogP contribution is 2.17. The van der Waals surface area contributed by atoms with E-state index in [1.54, 1.807) is 0 Å². The standard InChI is InChI=1S/C16H25N3O3S/c1-14-6-5-11-19(13-14)23(21,22)18-12-16(20)17-10-9-15-7-3-2-4-8-15/h2-4,7-8,14,18H,5-6,9-13H2,1H3,(H,17,20). The summed E-state index contributed by atoms with van der Waals surface area (Å²) in [6, 6.07) is 9.83. The summed E-state index contributed by atoms with van der Waals surface area (Å²) in [6.07, 6.45) is 2.64. The molecule has 1 fully saturated rings. The maximum absolute atomic E-state index is 12.2. The van der Waals surface area contributed by atoms with E-state index in [9.17, 15) is 13.2 Å². The fourth-order valence-corrected chi connectivity index (χ4v) is 3.98. The number of amides is 1. The topological polar surface area (TPSA) is 78.5 Å². The largest absolute Gasteiger partial charge is 0.355 e. The number of hydrogen-bond donors (Lipinski definition) is 2. The number of nitrogens with one attached hydrogen (secondary N) is 2. The highest BCUT2D eigenvalue weighted by atomic mass is 32.2. The van der Waals surface area contributed by atoms with Crippen molar-refractivity contribution in [3.63, 3.8) is 0 Å². The first-order valence-corrected chi connectivity index (χ1v) is 9.47. The zero-order chi connectivity index (χ0) is 16.7. The predicted octanol–water partition coefficient (Wildman–Crippen LogP) is 0.912. The molecule has 1 atom stereocenters. The molecule has 2 rings (SSSR count). The van der Waals surface area contributed by atoms with Gasteiger partial charge < -0.3 is 5.32 Å². The van der Waals surface area contributed by atoms with E-state index in [4.69, 9.17) is 0 Å². The van der Waals surface area contributed by atoms with E-state index in [1.165, 1.54) is 4.31 Å². The van der Waals surface area contributed by atoms with Crippen LogP contribution in [0.3, 0.4) is 0 Å². The monoisotopic (exact) mass is 339 g/mol. The number of carbonyl (C=O) groups excluding carboxylic acids is 1. The van der Waals surface area contributed by atoms with Gasteiger partial charge in [0.15, 0.2) is 0 Å². The van der Waals surface area contributed by atoms with Gasteiger partial charge in [-0.05, 0) is 30.7 Å². The molecule has 2 N–H and O–H groups in total. The lowest BCUT2D eigenvalue weighted by Crippen LogP contribution is -2.48. The Kier molecular flexibility index (Phi) is 6.56. The maximum atomic E-state index is 12.2. The van der Waals surface area contributed by atoms with Gasteiger partial charge in [-0.15, -0.1) is 0 Å². The molecule has 7 heteroatoms. The second-order valence-electron chi connectivity index (χ2n) is 6.02. The van der Waals surface area contributed by atoms with Gasteiger partial charge in [-0.1, -0.05) is 37.3 Å². The molecule has 0 spiro atoms.